The molecule has 0 atom stereocenters. The molecule has 18 heavy (non-hydrogen) atoms. The molecule has 0 bridgehead atoms. The highest BCUT2D eigenvalue weighted by atomic mass is 35.5. The van der Waals surface area contributed by atoms with E-state index in [-0.39, 0.29) is 0 Å². The van der Waals surface area contributed by atoms with Gasteiger partial charge in [-0.1, -0.05) is 37.6 Å². The summed E-state index contributed by atoms with van der Waals surface area (Å²) in [6.07, 6.45) is 2.38. The highest BCUT2D eigenvalue weighted by Gasteiger charge is 2.35. The Morgan fingerprint density at radius 1 is 1.33 bits per heavy atom. The van der Waals surface area contributed by atoms with Crippen molar-refractivity contribution in [1.29, 1.82) is 0 Å². The molecule has 0 aromatic heterocycles. The fraction of sp³-hybridized carbons (Fsp3) is 0.600. The van der Waals surface area contributed by atoms with Gasteiger partial charge in [0.05, 0.1) is 0 Å². The van der Waals surface area contributed by atoms with Gasteiger partial charge in [0, 0.05) is 36.7 Å². The highest BCUT2D eigenvalue weighted by Crippen LogP contribution is 2.27. The molecule has 100 valence electrons. The summed E-state index contributed by atoms with van der Waals surface area (Å²) in [5, 5.41) is 4.37. The van der Waals surface area contributed by atoms with Crippen LogP contribution in [-0.2, 0) is 6.54 Å². The van der Waals surface area contributed by atoms with E-state index in [1.54, 1.807) is 0 Å². The quantitative estimate of drug-likeness (QED) is 0.900. The number of hydrogen-bond acceptors (Lipinski definition) is 2. The van der Waals surface area contributed by atoms with Gasteiger partial charge in [0.15, 0.2) is 0 Å². The number of nitrogens with zero attached hydrogens (tertiary/aromatic N) is 1. The second-order valence-corrected chi connectivity index (χ2v) is 5.60. The van der Waals surface area contributed by atoms with Crippen molar-refractivity contribution >= 4 is 11.6 Å². The lowest BCUT2D eigenvalue weighted by Crippen LogP contribution is -2.60. The maximum absolute atomic E-state index is 6.07. The summed E-state index contributed by atoms with van der Waals surface area (Å²) in [7, 11) is 0. The van der Waals surface area contributed by atoms with E-state index < -0.39 is 0 Å². The molecule has 2 rings (SSSR count). The first-order valence-corrected chi connectivity index (χ1v) is 7.28. The van der Waals surface area contributed by atoms with Crippen molar-refractivity contribution in [3.05, 3.63) is 34.9 Å². The average molecular weight is 267 g/mol. The van der Waals surface area contributed by atoms with Crippen molar-refractivity contribution in [1.82, 2.24) is 10.2 Å². The van der Waals surface area contributed by atoms with E-state index >= 15 is 0 Å². The van der Waals surface area contributed by atoms with Crippen molar-refractivity contribution in [3.8, 4) is 0 Å². The number of piperazine rings is 1. The summed E-state index contributed by atoms with van der Waals surface area (Å²) in [6.45, 7) is 8.89. The van der Waals surface area contributed by atoms with Gasteiger partial charge in [-0.05, 0) is 30.5 Å². The maximum atomic E-state index is 6.07. The molecule has 1 aromatic rings. The fourth-order valence-electron chi connectivity index (χ4n) is 2.93. The van der Waals surface area contributed by atoms with E-state index in [0.29, 0.717) is 5.54 Å². The van der Waals surface area contributed by atoms with Crippen LogP contribution in [0.4, 0.5) is 0 Å². The van der Waals surface area contributed by atoms with Gasteiger partial charge in [-0.2, -0.15) is 0 Å². The van der Waals surface area contributed by atoms with Gasteiger partial charge < -0.3 is 5.32 Å². The van der Waals surface area contributed by atoms with Crippen molar-refractivity contribution in [2.75, 3.05) is 19.6 Å². The summed E-state index contributed by atoms with van der Waals surface area (Å²) in [4.78, 5) is 2.62. The zero-order valence-corrected chi connectivity index (χ0v) is 12.1. The van der Waals surface area contributed by atoms with Gasteiger partial charge in [0.2, 0.25) is 0 Å². The topological polar surface area (TPSA) is 15.3 Å². The number of rotatable bonds is 4. The highest BCUT2D eigenvalue weighted by molar-refractivity contribution is 6.30. The van der Waals surface area contributed by atoms with E-state index in [9.17, 15) is 0 Å². The van der Waals surface area contributed by atoms with Crippen LogP contribution in [0.2, 0.25) is 5.02 Å². The average Bonchev–Trinajstić information content (AvgIpc) is 2.40. The Morgan fingerprint density at radius 3 is 2.78 bits per heavy atom. The van der Waals surface area contributed by atoms with Gasteiger partial charge >= 0.3 is 0 Å². The zero-order chi connectivity index (χ0) is 13.0. The third-order valence-electron chi connectivity index (χ3n) is 4.26. The molecule has 0 aliphatic carbocycles. The Bertz CT molecular complexity index is 388. The van der Waals surface area contributed by atoms with E-state index in [2.05, 4.69) is 36.2 Å². The van der Waals surface area contributed by atoms with Crippen LogP contribution in [0.5, 0.6) is 0 Å². The number of nitrogens with one attached hydrogen (secondary N) is 1. The molecule has 0 spiro atoms. The Morgan fingerprint density at radius 2 is 2.11 bits per heavy atom. The Kier molecular flexibility index (Phi) is 4.66. The van der Waals surface area contributed by atoms with Gasteiger partial charge in [-0.3, -0.25) is 4.90 Å². The third kappa shape index (κ3) is 2.87. The predicted octanol–water partition coefficient (Wildman–Crippen LogP) is 3.30. The number of halogens is 1. The molecule has 1 saturated heterocycles. The lowest BCUT2D eigenvalue weighted by Gasteiger charge is -2.47. The second kappa shape index (κ2) is 6.05. The lowest BCUT2D eigenvalue weighted by atomic mass is 9.88. The van der Waals surface area contributed by atoms with E-state index in [1.807, 2.05) is 12.1 Å². The molecule has 1 heterocycles. The maximum Gasteiger partial charge on any atom is 0.0409 e. The molecule has 0 radical (unpaired) electrons. The molecule has 0 saturated carbocycles. The summed E-state index contributed by atoms with van der Waals surface area (Å²) in [5.41, 5.74) is 1.62. The molecule has 1 aromatic carbocycles. The van der Waals surface area contributed by atoms with Crippen molar-refractivity contribution in [2.45, 2.75) is 38.8 Å². The largest absolute Gasteiger partial charge is 0.314 e. The van der Waals surface area contributed by atoms with Gasteiger partial charge in [0.25, 0.3) is 0 Å². The minimum absolute atomic E-state index is 0.306. The van der Waals surface area contributed by atoms with Crippen LogP contribution in [0, 0.1) is 0 Å². The summed E-state index contributed by atoms with van der Waals surface area (Å²) in [6, 6.07) is 8.23. The zero-order valence-electron chi connectivity index (χ0n) is 11.4. The molecular formula is C15H23ClN2. The molecule has 1 aliphatic heterocycles. The van der Waals surface area contributed by atoms with Crippen molar-refractivity contribution < 1.29 is 0 Å². The van der Waals surface area contributed by atoms with E-state index in [0.717, 1.165) is 31.2 Å². The molecule has 1 fully saturated rings. The Hall–Kier alpha value is -0.570. The minimum atomic E-state index is 0.306. The molecule has 0 unspecified atom stereocenters. The minimum Gasteiger partial charge on any atom is -0.314 e. The first kappa shape index (κ1) is 13.9. The summed E-state index contributed by atoms with van der Waals surface area (Å²) < 4.78 is 0. The molecule has 3 heteroatoms. The van der Waals surface area contributed by atoms with E-state index in [4.69, 9.17) is 11.6 Å². The standard InChI is InChI=1S/C15H23ClN2/c1-3-15(4-2)12-17-8-9-18(15)11-13-6-5-7-14(16)10-13/h5-7,10,17H,3-4,8-9,11-12H2,1-2H3. The predicted molar refractivity (Wildman–Crippen MR) is 78.0 cm³/mol. The van der Waals surface area contributed by atoms with Gasteiger partial charge in [-0.25, -0.2) is 0 Å². The lowest BCUT2D eigenvalue weighted by molar-refractivity contribution is 0.0448. The number of hydrogen-bond donors (Lipinski definition) is 1. The molecule has 2 nitrogen and oxygen atoms in total. The second-order valence-electron chi connectivity index (χ2n) is 5.16. The monoisotopic (exact) mass is 266 g/mol. The van der Waals surface area contributed by atoms with Crippen LogP contribution in [-0.4, -0.2) is 30.1 Å². The van der Waals surface area contributed by atoms with Crippen LogP contribution in [0.3, 0.4) is 0 Å². The Labute approximate surface area is 115 Å². The first-order valence-electron chi connectivity index (χ1n) is 6.90. The first-order chi connectivity index (χ1) is 8.70. The number of benzene rings is 1. The van der Waals surface area contributed by atoms with Crippen LogP contribution >= 0.6 is 11.6 Å². The van der Waals surface area contributed by atoms with Crippen molar-refractivity contribution in [2.24, 2.45) is 0 Å². The van der Waals surface area contributed by atoms with Gasteiger partial charge in [0.1, 0.15) is 0 Å². The molecule has 0 amide bonds. The molecule has 1 aliphatic rings. The van der Waals surface area contributed by atoms with Crippen molar-refractivity contribution in [3.63, 3.8) is 0 Å². The normalized spacial score (nSPS) is 19.9. The van der Waals surface area contributed by atoms with Crippen LogP contribution in [0.15, 0.2) is 24.3 Å². The van der Waals surface area contributed by atoms with Crippen LogP contribution in [0.1, 0.15) is 32.3 Å². The van der Waals surface area contributed by atoms with Gasteiger partial charge in [-0.15, -0.1) is 0 Å². The molecular weight excluding hydrogens is 244 g/mol. The van der Waals surface area contributed by atoms with E-state index in [1.165, 1.54) is 18.4 Å². The smallest absolute Gasteiger partial charge is 0.0409 e. The molecule has 1 N–H and O–H groups in total. The third-order valence-corrected chi connectivity index (χ3v) is 4.50. The van der Waals surface area contributed by atoms with Crippen LogP contribution in [0.25, 0.3) is 0 Å². The van der Waals surface area contributed by atoms with Crippen LogP contribution < -0.4 is 5.32 Å². The summed E-state index contributed by atoms with van der Waals surface area (Å²) in [5.74, 6) is 0. The summed E-state index contributed by atoms with van der Waals surface area (Å²) >= 11 is 6.07. The fourth-order valence-corrected chi connectivity index (χ4v) is 3.15. The Balaban J connectivity index is 2.15. The SMILES string of the molecule is CCC1(CC)CNCCN1Cc1cccc(Cl)c1.